The zero-order valence-electron chi connectivity index (χ0n) is 12.3. The molecule has 0 aliphatic heterocycles. The van der Waals surface area contributed by atoms with Gasteiger partial charge in [-0.3, -0.25) is 4.99 Å². The molecule has 1 aliphatic carbocycles. The van der Waals surface area contributed by atoms with E-state index in [9.17, 15) is 5.11 Å². The smallest absolute Gasteiger partial charge is 0.0994 e. The molecule has 1 rings (SSSR count). The number of hydrogen-bond acceptors (Lipinski definition) is 2. The quantitative estimate of drug-likeness (QED) is 0.558. The maximum Gasteiger partial charge on any atom is 0.0994 e. The first kappa shape index (κ1) is 15.4. The van der Waals surface area contributed by atoms with Crippen LogP contribution in [0.2, 0.25) is 0 Å². The third-order valence-electron chi connectivity index (χ3n) is 4.05. The van der Waals surface area contributed by atoms with Crippen LogP contribution in [-0.4, -0.2) is 23.0 Å². The minimum absolute atomic E-state index is 0.514. The van der Waals surface area contributed by atoms with Crippen molar-refractivity contribution in [1.29, 1.82) is 0 Å². The maximum absolute atomic E-state index is 10.4. The van der Waals surface area contributed by atoms with E-state index in [4.69, 9.17) is 0 Å². The molecule has 104 valence electrons. The second kappa shape index (κ2) is 7.08. The van der Waals surface area contributed by atoms with E-state index in [-0.39, 0.29) is 0 Å². The second-order valence-electron chi connectivity index (χ2n) is 5.95. The zero-order valence-corrected chi connectivity index (χ0v) is 12.3. The lowest BCUT2D eigenvalue weighted by Gasteiger charge is -2.35. The normalized spacial score (nSPS) is 30.7. The molecule has 0 aromatic rings. The Bertz CT molecular complexity index is 304. The number of hydrogen-bond donors (Lipinski definition) is 1. The highest BCUT2D eigenvalue weighted by atomic mass is 16.3. The standard InChI is InChI=1S/C16H29NO/c1-5-6-7-8-11-17-15-12-14(13(2)3)9-10-16(15,4)18/h14,18H,2,5-12H2,1,3-4H3/t14-,16+/m1/s1. The lowest BCUT2D eigenvalue weighted by molar-refractivity contribution is 0.101. The Hall–Kier alpha value is -0.630. The summed E-state index contributed by atoms with van der Waals surface area (Å²) in [5.74, 6) is 0.514. The minimum Gasteiger partial charge on any atom is -0.384 e. The van der Waals surface area contributed by atoms with E-state index >= 15 is 0 Å². The summed E-state index contributed by atoms with van der Waals surface area (Å²) >= 11 is 0. The van der Waals surface area contributed by atoms with Crippen molar-refractivity contribution in [2.45, 2.75) is 71.3 Å². The molecule has 18 heavy (non-hydrogen) atoms. The molecule has 1 fully saturated rings. The van der Waals surface area contributed by atoms with E-state index in [1.165, 1.54) is 24.8 Å². The average Bonchev–Trinajstić information content (AvgIpc) is 2.30. The minimum atomic E-state index is -0.684. The molecule has 1 saturated carbocycles. The molecule has 2 atom stereocenters. The van der Waals surface area contributed by atoms with Gasteiger partial charge in [-0.15, -0.1) is 0 Å². The van der Waals surface area contributed by atoms with Crippen molar-refractivity contribution in [2.75, 3.05) is 6.54 Å². The van der Waals surface area contributed by atoms with Gasteiger partial charge in [0.2, 0.25) is 0 Å². The van der Waals surface area contributed by atoms with E-state index < -0.39 is 5.60 Å². The van der Waals surface area contributed by atoms with Gasteiger partial charge in [0.1, 0.15) is 0 Å². The molecule has 0 amide bonds. The van der Waals surface area contributed by atoms with E-state index in [2.05, 4.69) is 25.4 Å². The zero-order chi connectivity index (χ0) is 13.6. The topological polar surface area (TPSA) is 32.6 Å². The molecule has 1 aliphatic rings. The van der Waals surface area contributed by atoms with Crippen LogP contribution in [0.15, 0.2) is 17.1 Å². The Morgan fingerprint density at radius 1 is 1.44 bits per heavy atom. The van der Waals surface area contributed by atoms with Crippen LogP contribution >= 0.6 is 0 Å². The number of nitrogens with zero attached hydrogens (tertiary/aromatic N) is 1. The lowest BCUT2D eigenvalue weighted by Crippen LogP contribution is -2.41. The molecule has 0 bridgehead atoms. The van der Waals surface area contributed by atoms with Gasteiger partial charge in [-0.25, -0.2) is 0 Å². The van der Waals surface area contributed by atoms with E-state index in [0.29, 0.717) is 5.92 Å². The Labute approximate surface area is 112 Å². The molecule has 0 spiro atoms. The summed E-state index contributed by atoms with van der Waals surface area (Å²) in [6.45, 7) is 11.1. The third-order valence-corrected chi connectivity index (χ3v) is 4.05. The summed E-state index contributed by atoms with van der Waals surface area (Å²) < 4.78 is 0. The SMILES string of the molecule is C=C(C)[C@@H]1CC[C@](C)(O)C(=NCCCCCC)C1. The van der Waals surface area contributed by atoms with Crippen molar-refractivity contribution in [1.82, 2.24) is 0 Å². The van der Waals surface area contributed by atoms with Crippen molar-refractivity contribution in [3.05, 3.63) is 12.2 Å². The van der Waals surface area contributed by atoms with Crippen LogP contribution in [0.25, 0.3) is 0 Å². The number of aliphatic hydroxyl groups is 1. The molecule has 0 radical (unpaired) electrons. The van der Waals surface area contributed by atoms with Gasteiger partial charge in [0.15, 0.2) is 0 Å². The first-order valence-corrected chi connectivity index (χ1v) is 7.39. The van der Waals surface area contributed by atoms with Crippen molar-refractivity contribution >= 4 is 5.71 Å². The van der Waals surface area contributed by atoms with Gasteiger partial charge in [-0.1, -0.05) is 38.3 Å². The summed E-state index contributed by atoms with van der Waals surface area (Å²) in [6.07, 6.45) is 7.69. The molecule has 0 aromatic carbocycles. The maximum atomic E-state index is 10.4. The Morgan fingerprint density at radius 2 is 2.17 bits per heavy atom. The van der Waals surface area contributed by atoms with Crippen LogP contribution in [0.3, 0.4) is 0 Å². The van der Waals surface area contributed by atoms with Crippen molar-refractivity contribution < 1.29 is 5.11 Å². The molecule has 0 unspecified atom stereocenters. The molecular weight excluding hydrogens is 222 g/mol. The highest BCUT2D eigenvalue weighted by molar-refractivity contribution is 5.93. The van der Waals surface area contributed by atoms with Crippen LogP contribution in [0.4, 0.5) is 0 Å². The monoisotopic (exact) mass is 251 g/mol. The Balaban J connectivity index is 2.52. The molecule has 0 heterocycles. The fourth-order valence-corrected chi connectivity index (χ4v) is 2.56. The van der Waals surface area contributed by atoms with Crippen molar-refractivity contribution in [3.63, 3.8) is 0 Å². The fraction of sp³-hybridized carbons (Fsp3) is 0.812. The van der Waals surface area contributed by atoms with Gasteiger partial charge in [-0.2, -0.15) is 0 Å². The van der Waals surface area contributed by atoms with Gasteiger partial charge in [-0.05, 0) is 45.4 Å². The molecule has 2 heteroatoms. The number of aliphatic imine (C=N–C) groups is 1. The van der Waals surface area contributed by atoms with Gasteiger partial charge < -0.3 is 5.11 Å². The average molecular weight is 251 g/mol. The van der Waals surface area contributed by atoms with Gasteiger partial charge in [0, 0.05) is 12.3 Å². The van der Waals surface area contributed by atoms with Crippen LogP contribution in [0.5, 0.6) is 0 Å². The van der Waals surface area contributed by atoms with Gasteiger partial charge >= 0.3 is 0 Å². The summed E-state index contributed by atoms with van der Waals surface area (Å²) in [5.41, 5.74) is 1.54. The summed E-state index contributed by atoms with van der Waals surface area (Å²) in [7, 11) is 0. The van der Waals surface area contributed by atoms with Crippen molar-refractivity contribution in [3.8, 4) is 0 Å². The first-order chi connectivity index (χ1) is 8.47. The van der Waals surface area contributed by atoms with Crippen molar-refractivity contribution in [2.24, 2.45) is 10.9 Å². The van der Waals surface area contributed by atoms with Crippen LogP contribution in [-0.2, 0) is 0 Å². The second-order valence-corrected chi connectivity index (χ2v) is 5.95. The summed E-state index contributed by atoms with van der Waals surface area (Å²) in [5, 5.41) is 10.4. The highest BCUT2D eigenvalue weighted by Crippen LogP contribution is 2.33. The molecule has 0 saturated heterocycles. The number of unbranched alkanes of at least 4 members (excludes halogenated alkanes) is 3. The van der Waals surface area contributed by atoms with E-state index in [0.717, 1.165) is 37.9 Å². The number of allylic oxidation sites excluding steroid dienone is 1. The molecule has 1 N–H and O–H groups in total. The van der Waals surface area contributed by atoms with Gasteiger partial charge in [0.05, 0.1) is 5.60 Å². The Kier molecular flexibility index (Phi) is 6.07. The van der Waals surface area contributed by atoms with E-state index in [1.807, 2.05) is 6.92 Å². The van der Waals surface area contributed by atoms with E-state index in [1.54, 1.807) is 0 Å². The first-order valence-electron chi connectivity index (χ1n) is 7.39. The number of rotatable bonds is 6. The largest absolute Gasteiger partial charge is 0.384 e. The third kappa shape index (κ3) is 4.56. The summed E-state index contributed by atoms with van der Waals surface area (Å²) in [4.78, 5) is 4.67. The lowest BCUT2D eigenvalue weighted by atomic mass is 9.76. The van der Waals surface area contributed by atoms with Gasteiger partial charge in [0.25, 0.3) is 0 Å². The van der Waals surface area contributed by atoms with Crippen LogP contribution < -0.4 is 0 Å². The molecule has 0 aromatic heterocycles. The fourth-order valence-electron chi connectivity index (χ4n) is 2.56. The highest BCUT2D eigenvalue weighted by Gasteiger charge is 2.34. The van der Waals surface area contributed by atoms with Crippen LogP contribution in [0, 0.1) is 5.92 Å². The molecule has 2 nitrogen and oxygen atoms in total. The Morgan fingerprint density at radius 3 is 2.78 bits per heavy atom. The summed E-state index contributed by atoms with van der Waals surface area (Å²) in [6, 6.07) is 0. The predicted octanol–water partition coefficient (Wildman–Crippen LogP) is 4.13. The predicted molar refractivity (Wildman–Crippen MR) is 79.2 cm³/mol. The van der Waals surface area contributed by atoms with Crippen LogP contribution in [0.1, 0.15) is 65.7 Å². The molecular formula is C16H29NO.